The van der Waals surface area contributed by atoms with Gasteiger partial charge in [-0.3, -0.25) is 29.1 Å². The Balaban J connectivity index is 2.98. The Labute approximate surface area is 141 Å². The quantitative estimate of drug-likeness (QED) is 0.543. The highest BCUT2D eigenvalue weighted by atomic mass is 16.4. The van der Waals surface area contributed by atoms with Crippen LogP contribution in [0.4, 0.5) is 0 Å². The van der Waals surface area contributed by atoms with Crippen molar-refractivity contribution in [2.75, 3.05) is 52.4 Å². The van der Waals surface area contributed by atoms with Crippen molar-refractivity contribution in [3.63, 3.8) is 0 Å². The summed E-state index contributed by atoms with van der Waals surface area (Å²) in [5.41, 5.74) is 0. The van der Waals surface area contributed by atoms with E-state index in [-0.39, 0.29) is 31.6 Å². The fraction of sp³-hybridized carbons (Fsp3) is 0.800. The van der Waals surface area contributed by atoms with Gasteiger partial charge in [0.15, 0.2) is 0 Å². The van der Waals surface area contributed by atoms with Gasteiger partial charge in [-0.2, -0.15) is 0 Å². The van der Waals surface area contributed by atoms with Gasteiger partial charge >= 0.3 is 17.9 Å². The molecule has 0 bridgehead atoms. The largest absolute Gasteiger partial charge is 0.480 e. The predicted molar refractivity (Wildman–Crippen MR) is 86.0 cm³/mol. The normalized spacial score (nSPS) is 21.9. The van der Waals surface area contributed by atoms with E-state index in [1.165, 1.54) is 0 Å². The fourth-order valence-electron chi connectivity index (χ4n) is 2.99. The van der Waals surface area contributed by atoms with Crippen molar-refractivity contribution < 1.29 is 29.7 Å². The van der Waals surface area contributed by atoms with E-state index in [0.29, 0.717) is 32.7 Å². The lowest BCUT2D eigenvalue weighted by atomic mass is 10.0. The molecule has 138 valence electrons. The third-order valence-electron chi connectivity index (χ3n) is 4.18. The third kappa shape index (κ3) is 7.24. The molecule has 0 aromatic rings. The molecule has 1 aliphatic heterocycles. The van der Waals surface area contributed by atoms with Crippen LogP contribution < -0.4 is 0 Å². The van der Waals surface area contributed by atoms with Crippen molar-refractivity contribution in [3.05, 3.63) is 0 Å². The maximum Gasteiger partial charge on any atom is 0.317 e. The van der Waals surface area contributed by atoms with E-state index in [2.05, 4.69) is 0 Å². The number of hydrogen-bond acceptors (Lipinski definition) is 6. The fourth-order valence-corrected chi connectivity index (χ4v) is 2.99. The van der Waals surface area contributed by atoms with Crippen LogP contribution in [-0.2, 0) is 14.4 Å². The van der Waals surface area contributed by atoms with E-state index >= 15 is 0 Å². The zero-order valence-corrected chi connectivity index (χ0v) is 14.2. The monoisotopic (exact) mass is 345 g/mol. The number of carboxylic acids is 3. The zero-order valence-electron chi connectivity index (χ0n) is 14.2. The predicted octanol–water partition coefficient (Wildman–Crippen LogP) is -0.816. The standard InChI is InChI=1S/C15H27N3O6/c1-11(2)12-7-17(9-14(21)22)4-3-16(8-13(19)20)5-6-18(12)10-15(23)24/h11-12H,3-10H2,1-2H3,(H,19,20)(H,21,22)(H,23,24). The molecule has 24 heavy (non-hydrogen) atoms. The Kier molecular flexibility index (Phi) is 8.09. The lowest BCUT2D eigenvalue weighted by Gasteiger charge is -2.35. The molecule has 1 aliphatic rings. The third-order valence-corrected chi connectivity index (χ3v) is 4.18. The van der Waals surface area contributed by atoms with Gasteiger partial charge in [-0.05, 0) is 5.92 Å². The lowest BCUT2D eigenvalue weighted by molar-refractivity contribution is -0.141. The summed E-state index contributed by atoms with van der Waals surface area (Å²) in [6.45, 7) is 5.70. The maximum absolute atomic E-state index is 11.2. The summed E-state index contributed by atoms with van der Waals surface area (Å²) in [6, 6.07) is -0.106. The molecule has 0 radical (unpaired) electrons. The maximum atomic E-state index is 11.2. The second-order valence-corrected chi connectivity index (χ2v) is 6.47. The van der Waals surface area contributed by atoms with E-state index in [1.54, 1.807) is 9.80 Å². The highest BCUT2D eigenvalue weighted by Gasteiger charge is 2.29. The summed E-state index contributed by atoms with van der Waals surface area (Å²) in [5, 5.41) is 27.3. The molecule has 1 fully saturated rings. The lowest BCUT2D eigenvalue weighted by Crippen LogP contribution is -2.50. The van der Waals surface area contributed by atoms with E-state index < -0.39 is 17.9 Å². The van der Waals surface area contributed by atoms with Crippen LogP contribution in [0.25, 0.3) is 0 Å². The summed E-state index contributed by atoms with van der Waals surface area (Å²) in [4.78, 5) is 38.5. The number of rotatable bonds is 7. The average Bonchev–Trinajstić information content (AvgIpc) is 2.50. The first kappa shape index (κ1) is 20.3. The number of carboxylic acid groups (broad SMARTS) is 3. The summed E-state index contributed by atoms with van der Waals surface area (Å²) < 4.78 is 0. The van der Waals surface area contributed by atoms with Gasteiger partial charge in [-0.1, -0.05) is 13.8 Å². The summed E-state index contributed by atoms with van der Waals surface area (Å²) in [6.07, 6.45) is 0. The number of nitrogens with zero attached hydrogens (tertiary/aromatic N) is 3. The minimum atomic E-state index is -0.954. The Hall–Kier alpha value is -1.71. The molecule has 1 rings (SSSR count). The van der Waals surface area contributed by atoms with Gasteiger partial charge in [-0.25, -0.2) is 0 Å². The second kappa shape index (κ2) is 9.55. The van der Waals surface area contributed by atoms with Gasteiger partial charge in [-0.15, -0.1) is 0 Å². The second-order valence-electron chi connectivity index (χ2n) is 6.47. The van der Waals surface area contributed by atoms with Gasteiger partial charge in [0.2, 0.25) is 0 Å². The average molecular weight is 345 g/mol. The first-order valence-corrected chi connectivity index (χ1v) is 8.03. The molecule has 0 aliphatic carbocycles. The first-order valence-electron chi connectivity index (χ1n) is 8.03. The first-order chi connectivity index (χ1) is 11.2. The SMILES string of the molecule is CC(C)C1CN(CC(=O)O)CCN(CC(=O)O)CCN1CC(=O)O. The van der Waals surface area contributed by atoms with E-state index in [9.17, 15) is 14.4 Å². The molecular weight excluding hydrogens is 318 g/mol. The molecule has 0 spiro atoms. The minimum absolute atomic E-state index is 0.106. The van der Waals surface area contributed by atoms with Crippen LogP contribution >= 0.6 is 0 Å². The molecule has 0 aromatic carbocycles. The van der Waals surface area contributed by atoms with Gasteiger partial charge in [0.25, 0.3) is 0 Å². The van der Waals surface area contributed by atoms with Gasteiger partial charge in [0, 0.05) is 38.8 Å². The molecule has 0 aromatic heterocycles. The summed E-state index contributed by atoms with van der Waals surface area (Å²) in [7, 11) is 0. The molecule has 1 heterocycles. The Morgan fingerprint density at radius 1 is 0.833 bits per heavy atom. The smallest absolute Gasteiger partial charge is 0.317 e. The van der Waals surface area contributed by atoms with Crippen LogP contribution in [0.15, 0.2) is 0 Å². The van der Waals surface area contributed by atoms with Crippen molar-refractivity contribution in [1.82, 2.24) is 14.7 Å². The highest BCUT2D eigenvalue weighted by molar-refractivity contribution is 5.70. The molecular formula is C15H27N3O6. The van der Waals surface area contributed by atoms with Crippen LogP contribution in [0.2, 0.25) is 0 Å². The Morgan fingerprint density at radius 3 is 1.79 bits per heavy atom. The topological polar surface area (TPSA) is 122 Å². The van der Waals surface area contributed by atoms with Gasteiger partial charge in [0.1, 0.15) is 0 Å². The van der Waals surface area contributed by atoms with Crippen LogP contribution in [0.1, 0.15) is 13.8 Å². The summed E-state index contributed by atoms with van der Waals surface area (Å²) in [5.74, 6) is -2.71. The highest BCUT2D eigenvalue weighted by Crippen LogP contribution is 2.15. The molecule has 9 nitrogen and oxygen atoms in total. The van der Waals surface area contributed by atoms with Crippen LogP contribution in [-0.4, -0.2) is 106 Å². The molecule has 0 saturated carbocycles. The number of carbonyl (C=O) groups is 3. The number of aliphatic carboxylic acids is 3. The molecule has 0 amide bonds. The van der Waals surface area contributed by atoms with E-state index in [0.717, 1.165) is 0 Å². The Bertz CT molecular complexity index is 456. The molecule has 1 unspecified atom stereocenters. The van der Waals surface area contributed by atoms with Crippen molar-refractivity contribution in [2.24, 2.45) is 5.92 Å². The minimum Gasteiger partial charge on any atom is -0.480 e. The molecule has 3 N–H and O–H groups in total. The van der Waals surface area contributed by atoms with Crippen LogP contribution in [0, 0.1) is 5.92 Å². The van der Waals surface area contributed by atoms with Crippen molar-refractivity contribution >= 4 is 17.9 Å². The van der Waals surface area contributed by atoms with Gasteiger partial charge < -0.3 is 15.3 Å². The van der Waals surface area contributed by atoms with Gasteiger partial charge in [0.05, 0.1) is 19.6 Å². The molecule has 9 heteroatoms. The van der Waals surface area contributed by atoms with E-state index in [1.807, 2.05) is 18.7 Å². The van der Waals surface area contributed by atoms with Crippen LogP contribution in [0.5, 0.6) is 0 Å². The van der Waals surface area contributed by atoms with Crippen LogP contribution in [0.3, 0.4) is 0 Å². The number of hydrogen-bond donors (Lipinski definition) is 3. The zero-order chi connectivity index (χ0) is 18.3. The Morgan fingerprint density at radius 2 is 1.29 bits per heavy atom. The van der Waals surface area contributed by atoms with E-state index in [4.69, 9.17) is 15.3 Å². The van der Waals surface area contributed by atoms with Crippen molar-refractivity contribution in [3.8, 4) is 0 Å². The molecule has 1 saturated heterocycles. The van der Waals surface area contributed by atoms with Crippen molar-refractivity contribution in [1.29, 1.82) is 0 Å². The summed E-state index contributed by atoms with van der Waals surface area (Å²) >= 11 is 0. The van der Waals surface area contributed by atoms with Crippen molar-refractivity contribution in [2.45, 2.75) is 19.9 Å². The molecule has 1 atom stereocenters.